The van der Waals surface area contributed by atoms with Crippen LogP contribution in [0, 0.1) is 0 Å². The Balaban J connectivity index is 2.03. The second-order valence-electron chi connectivity index (χ2n) is 4.97. The maximum absolute atomic E-state index is 4.38. The molecule has 0 spiro atoms. The second kappa shape index (κ2) is 5.97. The van der Waals surface area contributed by atoms with Crippen LogP contribution in [-0.2, 0) is 7.05 Å². The third-order valence-electron chi connectivity index (χ3n) is 3.47. The first-order valence-corrected chi connectivity index (χ1v) is 7.08. The van der Waals surface area contributed by atoms with Crippen LogP contribution in [0.15, 0.2) is 36.8 Å². The monoisotopic (exact) mass is 282 g/mol. The summed E-state index contributed by atoms with van der Waals surface area (Å²) in [6, 6.07) is 6.21. The molecule has 3 aromatic rings. The lowest BCUT2D eigenvalue weighted by Gasteiger charge is -2.19. The first-order chi connectivity index (χ1) is 10.3. The van der Waals surface area contributed by atoms with Gasteiger partial charge >= 0.3 is 0 Å². The van der Waals surface area contributed by atoms with Crippen molar-refractivity contribution in [1.82, 2.24) is 30.3 Å². The Morgan fingerprint density at radius 2 is 2.00 bits per heavy atom. The molecule has 0 fully saturated rings. The van der Waals surface area contributed by atoms with Gasteiger partial charge in [0.1, 0.15) is 0 Å². The van der Waals surface area contributed by atoms with Gasteiger partial charge in [-0.25, -0.2) is 0 Å². The molecule has 2 aromatic heterocycles. The molecule has 108 valence electrons. The Kier molecular flexibility index (Phi) is 3.87. The van der Waals surface area contributed by atoms with Crippen molar-refractivity contribution in [2.45, 2.75) is 19.4 Å². The highest BCUT2D eigenvalue weighted by molar-refractivity contribution is 5.74. The van der Waals surface area contributed by atoms with E-state index in [4.69, 9.17) is 0 Å². The zero-order valence-electron chi connectivity index (χ0n) is 12.2. The maximum Gasteiger partial charge on any atom is 0.0890 e. The van der Waals surface area contributed by atoms with Crippen LogP contribution in [0.1, 0.15) is 30.6 Å². The van der Waals surface area contributed by atoms with Gasteiger partial charge in [-0.2, -0.15) is 0 Å². The van der Waals surface area contributed by atoms with Gasteiger partial charge in [-0.05, 0) is 30.7 Å². The van der Waals surface area contributed by atoms with E-state index in [9.17, 15) is 0 Å². The number of nitrogens with zero attached hydrogens (tertiary/aromatic N) is 5. The predicted molar refractivity (Wildman–Crippen MR) is 80.7 cm³/mol. The van der Waals surface area contributed by atoms with E-state index in [0.29, 0.717) is 0 Å². The lowest BCUT2D eigenvalue weighted by atomic mass is 10.0. The van der Waals surface area contributed by atoms with Gasteiger partial charge in [-0.1, -0.05) is 18.2 Å². The van der Waals surface area contributed by atoms with Crippen LogP contribution in [0.5, 0.6) is 0 Å². The molecule has 0 bridgehead atoms. The fourth-order valence-corrected chi connectivity index (χ4v) is 2.40. The molecule has 1 unspecified atom stereocenters. The predicted octanol–water partition coefficient (Wildman–Crippen LogP) is 1.85. The smallest absolute Gasteiger partial charge is 0.0890 e. The standard InChI is InChI=1S/C15H18N6/c1-3-6-18-15(14-10-19-20-21(14)2)11-4-5-12-13(9-11)17-8-7-16-12/h4-5,7-10,15,18H,3,6H2,1-2H3. The van der Waals surface area contributed by atoms with Crippen LogP contribution < -0.4 is 5.32 Å². The normalized spacial score (nSPS) is 12.7. The first-order valence-electron chi connectivity index (χ1n) is 7.08. The Labute approximate surface area is 123 Å². The van der Waals surface area contributed by atoms with E-state index in [1.165, 1.54) is 0 Å². The van der Waals surface area contributed by atoms with Crippen LogP contribution in [0.25, 0.3) is 11.0 Å². The molecule has 1 aromatic carbocycles. The van der Waals surface area contributed by atoms with Crippen LogP contribution in [-0.4, -0.2) is 31.5 Å². The average Bonchev–Trinajstić information content (AvgIpc) is 2.94. The van der Waals surface area contributed by atoms with Gasteiger partial charge in [0.2, 0.25) is 0 Å². The minimum atomic E-state index is 0.0522. The molecule has 2 heterocycles. The highest BCUT2D eigenvalue weighted by atomic mass is 15.4. The van der Waals surface area contributed by atoms with Crippen molar-refractivity contribution < 1.29 is 0 Å². The molecule has 0 saturated heterocycles. The van der Waals surface area contributed by atoms with Gasteiger partial charge in [0, 0.05) is 19.4 Å². The lowest BCUT2D eigenvalue weighted by molar-refractivity contribution is 0.551. The molecular formula is C15H18N6. The Morgan fingerprint density at radius 3 is 2.71 bits per heavy atom. The van der Waals surface area contributed by atoms with E-state index in [2.05, 4.69) is 44.7 Å². The van der Waals surface area contributed by atoms with Crippen molar-refractivity contribution in [2.75, 3.05) is 6.54 Å². The molecule has 6 nitrogen and oxygen atoms in total. The summed E-state index contributed by atoms with van der Waals surface area (Å²) >= 11 is 0. The van der Waals surface area contributed by atoms with Crippen molar-refractivity contribution in [1.29, 1.82) is 0 Å². The number of aryl methyl sites for hydroxylation is 1. The number of benzene rings is 1. The van der Waals surface area contributed by atoms with Crippen molar-refractivity contribution in [3.05, 3.63) is 48.0 Å². The molecule has 0 saturated carbocycles. The minimum Gasteiger partial charge on any atom is -0.305 e. The Bertz CT molecular complexity index is 736. The summed E-state index contributed by atoms with van der Waals surface area (Å²) in [4.78, 5) is 8.69. The topological polar surface area (TPSA) is 68.5 Å². The summed E-state index contributed by atoms with van der Waals surface area (Å²) in [5, 5.41) is 11.6. The SMILES string of the molecule is CCCNC(c1ccc2nccnc2c1)c1cnnn1C. The molecule has 0 amide bonds. The lowest BCUT2D eigenvalue weighted by Crippen LogP contribution is -2.25. The van der Waals surface area contributed by atoms with Crippen LogP contribution in [0.3, 0.4) is 0 Å². The van der Waals surface area contributed by atoms with Crippen molar-refractivity contribution >= 4 is 11.0 Å². The van der Waals surface area contributed by atoms with E-state index < -0.39 is 0 Å². The summed E-state index contributed by atoms with van der Waals surface area (Å²) in [5.41, 5.74) is 3.97. The quantitative estimate of drug-likeness (QED) is 0.773. The summed E-state index contributed by atoms with van der Waals surface area (Å²) < 4.78 is 1.80. The third-order valence-corrected chi connectivity index (χ3v) is 3.47. The summed E-state index contributed by atoms with van der Waals surface area (Å²) in [6.45, 7) is 3.08. The van der Waals surface area contributed by atoms with Crippen molar-refractivity contribution in [3.8, 4) is 0 Å². The Hall–Kier alpha value is -2.34. The fraction of sp³-hybridized carbons (Fsp3) is 0.333. The number of hydrogen-bond acceptors (Lipinski definition) is 5. The largest absolute Gasteiger partial charge is 0.305 e. The molecule has 1 atom stereocenters. The highest BCUT2D eigenvalue weighted by Crippen LogP contribution is 2.23. The molecule has 3 rings (SSSR count). The van der Waals surface area contributed by atoms with Gasteiger partial charge in [0.25, 0.3) is 0 Å². The van der Waals surface area contributed by atoms with E-state index in [1.807, 2.05) is 13.1 Å². The van der Waals surface area contributed by atoms with Gasteiger partial charge in [-0.15, -0.1) is 5.10 Å². The number of aromatic nitrogens is 5. The summed E-state index contributed by atoms with van der Waals surface area (Å²) in [5.74, 6) is 0. The van der Waals surface area contributed by atoms with Crippen molar-refractivity contribution in [2.24, 2.45) is 7.05 Å². The van der Waals surface area contributed by atoms with E-state index in [1.54, 1.807) is 23.3 Å². The van der Waals surface area contributed by atoms with Crippen LogP contribution in [0.4, 0.5) is 0 Å². The van der Waals surface area contributed by atoms with Crippen LogP contribution >= 0.6 is 0 Å². The Morgan fingerprint density at radius 1 is 1.19 bits per heavy atom. The van der Waals surface area contributed by atoms with Gasteiger partial charge < -0.3 is 5.32 Å². The van der Waals surface area contributed by atoms with Gasteiger partial charge in [0.05, 0.1) is 29.0 Å². The summed E-state index contributed by atoms with van der Waals surface area (Å²) in [6.07, 6.45) is 6.29. The number of rotatable bonds is 5. The first kappa shape index (κ1) is 13.6. The number of nitrogens with one attached hydrogen (secondary N) is 1. The van der Waals surface area contributed by atoms with Gasteiger partial charge in [-0.3, -0.25) is 14.6 Å². The number of hydrogen-bond donors (Lipinski definition) is 1. The molecule has 0 aliphatic heterocycles. The van der Waals surface area contributed by atoms with Crippen LogP contribution in [0.2, 0.25) is 0 Å². The molecule has 0 aliphatic rings. The van der Waals surface area contributed by atoms with Crippen molar-refractivity contribution in [3.63, 3.8) is 0 Å². The molecule has 6 heteroatoms. The third kappa shape index (κ3) is 2.75. The number of fused-ring (bicyclic) bond motifs is 1. The van der Waals surface area contributed by atoms with E-state index in [0.717, 1.165) is 35.3 Å². The maximum atomic E-state index is 4.38. The summed E-state index contributed by atoms with van der Waals surface area (Å²) in [7, 11) is 1.91. The molecule has 1 N–H and O–H groups in total. The van der Waals surface area contributed by atoms with Gasteiger partial charge in [0.15, 0.2) is 0 Å². The highest BCUT2D eigenvalue weighted by Gasteiger charge is 2.17. The minimum absolute atomic E-state index is 0.0522. The molecular weight excluding hydrogens is 264 g/mol. The molecule has 0 aliphatic carbocycles. The zero-order chi connectivity index (χ0) is 14.7. The second-order valence-corrected chi connectivity index (χ2v) is 4.97. The molecule has 21 heavy (non-hydrogen) atoms. The average molecular weight is 282 g/mol. The zero-order valence-corrected chi connectivity index (χ0v) is 12.2. The van der Waals surface area contributed by atoms with E-state index >= 15 is 0 Å². The fourth-order valence-electron chi connectivity index (χ4n) is 2.40. The van der Waals surface area contributed by atoms with E-state index in [-0.39, 0.29) is 6.04 Å². The molecule has 0 radical (unpaired) electrons.